The van der Waals surface area contributed by atoms with Crippen molar-refractivity contribution in [2.24, 2.45) is 5.10 Å². The summed E-state index contributed by atoms with van der Waals surface area (Å²) in [5, 5.41) is 16.4. The molecule has 0 amide bonds. The summed E-state index contributed by atoms with van der Waals surface area (Å²) in [7, 11) is 0. The highest BCUT2D eigenvalue weighted by molar-refractivity contribution is 7.98. The zero-order valence-electron chi connectivity index (χ0n) is 14.8. The Morgan fingerprint density at radius 1 is 1.62 bits per heavy atom. The van der Waals surface area contributed by atoms with E-state index in [0.29, 0.717) is 25.3 Å². The summed E-state index contributed by atoms with van der Waals surface area (Å²) in [6, 6.07) is 3.08. The normalized spacial score (nSPS) is 17.8. The molecule has 0 saturated carbocycles. The van der Waals surface area contributed by atoms with Gasteiger partial charge < -0.3 is 19.4 Å². The van der Waals surface area contributed by atoms with E-state index >= 15 is 0 Å². The first-order chi connectivity index (χ1) is 12.5. The summed E-state index contributed by atoms with van der Waals surface area (Å²) in [6.07, 6.45) is 4.13. The number of hydrogen-bond acceptors (Lipinski definition) is 7. The standard InChI is InChI=1S/C15H23N5O5S/c1-3-24-14(21)13(6-8-26-2)19-10-16-15(17-20(22)23)18(11-19)9-12-5-4-7-25-12/h4-5,7,13H,3,6,8-11H2,1-2H3,(H,16,17)/t13-/m0/s1. The second kappa shape index (κ2) is 10.0. The Morgan fingerprint density at radius 2 is 2.42 bits per heavy atom. The highest BCUT2D eigenvalue weighted by Crippen LogP contribution is 2.16. The highest BCUT2D eigenvalue weighted by Gasteiger charge is 2.33. The van der Waals surface area contributed by atoms with Gasteiger partial charge in [-0.25, -0.2) is 10.1 Å². The molecule has 0 unspecified atom stereocenters. The number of nitrogens with one attached hydrogen (secondary N) is 1. The molecular weight excluding hydrogens is 362 g/mol. The fourth-order valence-corrected chi connectivity index (χ4v) is 3.10. The van der Waals surface area contributed by atoms with Crippen LogP contribution in [0.3, 0.4) is 0 Å². The van der Waals surface area contributed by atoms with Crippen LogP contribution in [-0.4, -0.2) is 64.8 Å². The lowest BCUT2D eigenvalue weighted by atomic mass is 10.2. The van der Waals surface area contributed by atoms with Crippen LogP contribution in [0, 0.1) is 10.1 Å². The number of hydrogen-bond donors (Lipinski definition) is 1. The van der Waals surface area contributed by atoms with Crippen molar-refractivity contribution in [1.29, 1.82) is 0 Å². The Bertz CT molecular complexity index is 624. The molecule has 1 saturated heterocycles. The van der Waals surface area contributed by atoms with Gasteiger partial charge in [0.2, 0.25) is 0 Å². The molecule has 11 heteroatoms. The second-order valence-corrected chi connectivity index (χ2v) is 6.54. The van der Waals surface area contributed by atoms with Gasteiger partial charge in [-0.15, -0.1) is 0 Å². The summed E-state index contributed by atoms with van der Waals surface area (Å²) in [5.41, 5.74) is 0. The molecule has 1 atom stereocenters. The first kappa shape index (κ1) is 20.0. The zero-order chi connectivity index (χ0) is 18.9. The fraction of sp³-hybridized carbons (Fsp3) is 0.600. The molecule has 0 spiro atoms. The third kappa shape index (κ3) is 5.63. The zero-order valence-corrected chi connectivity index (χ0v) is 15.6. The fourth-order valence-electron chi connectivity index (χ4n) is 2.64. The molecule has 2 rings (SSSR count). The number of guanidine groups is 1. The Kier molecular flexibility index (Phi) is 7.73. The lowest BCUT2D eigenvalue weighted by Crippen LogP contribution is -2.61. The van der Waals surface area contributed by atoms with E-state index in [4.69, 9.17) is 9.15 Å². The van der Waals surface area contributed by atoms with Crippen molar-refractivity contribution in [1.82, 2.24) is 15.1 Å². The summed E-state index contributed by atoms with van der Waals surface area (Å²) in [6.45, 7) is 2.92. The van der Waals surface area contributed by atoms with Gasteiger partial charge in [0.25, 0.3) is 5.96 Å². The minimum Gasteiger partial charge on any atom is -0.467 e. The van der Waals surface area contributed by atoms with Crippen LogP contribution in [0.2, 0.25) is 0 Å². The van der Waals surface area contributed by atoms with E-state index in [1.807, 2.05) is 11.2 Å². The Morgan fingerprint density at radius 3 is 3.04 bits per heavy atom. The van der Waals surface area contributed by atoms with Crippen molar-refractivity contribution in [2.45, 2.75) is 25.9 Å². The predicted molar refractivity (Wildman–Crippen MR) is 96.8 cm³/mol. The first-order valence-corrected chi connectivity index (χ1v) is 9.58. The minimum atomic E-state index is -0.746. The Hall–Kier alpha value is -2.27. The summed E-state index contributed by atoms with van der Waals surface area (Å²) < 4.78 is 10.5. The number of esters is 1. The number of nitrogens with zero attached hydrogens (tertiary/aromatic N) is 4. The van der Waals surface area contributed by atoms with Crippen molar-refractivity contribution in [3.05, 3.63) is 34.3 Å². The molecule has 26 heavy (non-hydrogen) atoms. The Balaban J connectivity index is 2.16. The molecule has 1 aromatic heterocycles. The maximum atomic E-state index is 12.4. The van der Waals surface area contributed by atoms with Crippen LogP contribution in [0.15, 0.2) is 27.9 Å². The number of thioether (sulfide) groups is 1. The van der Waals surface area contributed by atoms with Gasteiger partial charge in [0.05, 0.1) is 32.8 Å². The van der Waals surface area contributed by atoms with Crippen molar-refractivity contribution in [3.63, 3.8) is 0 Å². The van der Waals surface area contributed by atoms with Gasteiger partial charge in [-0.05, 0) is 37.5 Å². The van der Waals surface area contributed by atoms with Crippen LogP contribution in [-0.2, 0) is 16.1 Å². The van der Waals surface area contributed by atoms with Crippen LogP contribution >= 0.6 is 11.8 Å². The van der Waals surface area contributed by atoms with Gasteiger partial charge in [0.15, 0.2) is 5.03 Å². The van der Waals surface area contributed by atoms with Crippen LogP contribution < -0.4 is 5.32 Å². The monoisotopic (exact) mass is 385 g/mol. The number of furan rings is 1. The van der Waals surface area contributed by atoms with Crippen LogP contribution in [0.25, 0.3) is 0 Å². The van der Waals surface area contributed by atoms with Crippen LogP contribution in [0.4, 0.5) is 0 Å². The second-order valence-electron chi connectivity index (χ2n) is 5.55. The van der Waals surface area contributed by atoms with Crippen molar-refractivity contribution in [2.75, 3.05) is 32.0 Å². The van der Waals surface area contributed by atoms with Gasteiger partial charge in [0.1, 0.15) is 16.9 Å². The van der Waals surface area contributed by atoms with E-state index < -0.39 is 11.1 Å². The van der Waals surface area contributed by atoms with E-state index in [0.717, 1.165) is 5.75 Å². The van der Waals surface area contributed by atoms with E-state index in [2.05, 4.69) is 10.4 Å². The molecule has 1 fully saturated rings. The number of hydrazone groups is 1. The average Bonchev–Trinajstić information content (AvgIpc) is 3.10. The van der Waals surface area contributed by atoms with Gasteiger partial charge >= 0.3 is 5.97 Å². The molecule has 0 radical (unpaired) electrons. The summed E-state index contributed by atoms with van der Waals surface area (Å²) in [4.78, 5) is 26.7. The summed E-state index contributed by atoms with van der Waals surface area (Å²) >= 11 is 1.65. The van der Waals surface area contributed by atoms with Crippen molar-refractivity contribution < 1.29 is 19.0 Å². The smallest absolute Gasteiger partial charge is 0.323 e. The van der Waals surface area contributed by atoms with E-state index in [1.165, 1.54) is 6.26 Å². The van der Waals surface area contributed by atoms with Gasteiger partial charge in [-0.2, -0.15) is 11.8 Å². The molecular formula is C15H23N5O5S. The van der Waals surface area contributed by atoms with Gasteiger partial charge in [-0.3, -0.25) is 9.69 Å². The third-order valence-electron chi connectivity index (χ3n) is 3.79. The van der Waals surface area contributed by atoms with Crippen LogP contribution in [0.1, 0.15) is 19.1 Å². The largest absolute Gasteiger partial charge is 0.467 e. The SMILES string of the molecule is CCOC(=O)[C@H](CCSC)N1CN/C(=N\[N+](=O)[O-])N(Cc2ccco2)C1. The maximum absolute atomic E-state index is 12.4. The molecule has 1 aliphatic rings. The number of carbonyl (C=O) groups is 1. The molecule has 0 bridgehead atoms. The van der Waals surface area contributed by atoms with Crippen LogP contribution in [0.5, 0.6) is 0 Å². The molecule has 1 aromatic rings. The molecule has 1 N–H and O–H groups in total. The topological polar surface area (TPSA) is 113 Å². The quantitative estimate of drug-likeness (QED) is 0.379. The Labute approximate surface area is 155 Å². The van der Waals surface area contributed by atoms with Crippen molar-refractivity contribution in [3.8, 4) is 0 Å². The van der Waals surface area contributed by atoms with Gasteiger partial charge in [-0.1, -0.05) is 0 Å². The average molecular weight is 385 g/mol. The minimum absolute atomic E-state index is 0.134. The van der Waals surface area contributed by atoms with E-state index in [9.17, 15) is 14.9 Å². The number of carbonyl (C=O) groups excluding carboxylic acids is 1. The van der Waals surface area contributed by atoms with Gasteiger partial charge in [0, 0.05) is 0 Å². The first-order valence-electron chi connectivity index (χ1n) is 8.19. The molecule has 0 aromatic carbocycles. The maximum Gasteiger partial charge on any atom is 0.323 e. The number of ether oxygens (including phenoxy) is 1. The molecule has 2 heterocycles. The molecule has 10 nitrogen and oxygen atoms in total. The predicted octanol–water partition coefficient (Wildman–Crippen LogP) is 1.13. The highest BCUT2D eigenvalue weighted by atomic mass is 32.2. The lowest BCUT2D eigenvalue weighted by Gasteiger charge is -2.39. The molecule has 0 aliphatic carbocycles. The number of nitro groups is 1. The third-order valence-corrected chi connectivity index (χ3v) is 4.43. The van der Waals surface area contributed by atoms with E-state index in [1.54, 1.807) is 35.7 Å². The number of rotatable bonds is 9. The van der Waals surface area contributed by atoms with E-state index in [-0.39, 0.29) is 25.3 Å². The van der Waals surface area contributed by atoms with Crippen molar-refractivity contribution >= 4 is 23.7 Å². The molecule has 1 aliphatic heterocycles. The lowest BCUT2D eigenvalue weighted by molar-refractivity contribution is -0.486. The molecule has 144 valence electrons. The summed E-state index contributed by atoms with van der Waals surface area (Å²) in [5.74, 6) is 1.28.